The number of fused-ring (bicyclic) bond motifs is 6. The van der Waals surface area contributed by atoms with E-state index in [-0.39, 0.29) is 46.7 Å². The summed E-state index contributed by atoms with van der Waals surface area (Å²) >= 11 is 0. The first kappa shape index (κ1) is 52.8. The highest BCUT2D eigenvalue weighted by molar-refractivity contribution is 6.08. The number of hydrogen-bond donors (Lipinski definition) is 2. The van der Waals surface area contributed by atoms with Gasteiger partial charge in [-0.15, -0.1) is 0 Å². The second kappa shape index (κ2) is 20.5. The molecule has 404 valence electrons. The molecule has 0 aliphatic carbocycles. The number of ether oxygens (including phenoxy) is 2. The third-order valence-corrected chi connectivity index (χ3v) is 15.8. The van der Waals surface area contributed by atoms with E-state index in [1.807, 2.05) is 61.1 Å². The van der Waals surface area contributed by atoms with E-state index < -0.39 is 22.8 Å². The number of aromatic nitrogens is 6. The Morgan fingerprint density at radius 1 is 0.526 bits per heavy atom. The van der Waals surface area contributed by atoms with E-state index in [2.05, 4.69) is 10.3 Å². The summed E-state index contributed by atoms with van der Waals surface area (Å²) in [6, 6.07) is 23.2. The molecule has 2 aliphatic rings. The molecule has 12 nitrogen and oxygen atoms in total. The summed E-state index contributed by atoms with van der Waals surface area (Å²) < 4.78 is 87.4. The van der Waals surface area contributed by atoms with Gasteiger partial charge >= 0.3 is 0 Å². The van der Waals surface area contributed by atoms with Gasteiger partial charge in [0.1, 0.15) is 23.2 Å². The Hall–Kier alpha value is -7.24. The monoisotopic (exact) mass is 1060 g/mol. The molecule has 2 N–H and O–H groups in total. The number of benzene rings is 4. The van der Waals surface area contributed by atoms with Gasteiger partial charge in [-0.25, -0.2) is 17.6 Å². The predicted molar refractivity (Wildman–Crippen MR) is 291 cm³/mol. The molecule has 0 amide bonds. The fourth-order valence-corrected chi connectivity index (χ4v) is 12.1. The first-order chi connectivity index (χ1) is 37.3. The van der Waals surface area contributed by atoms with Gasteiger partial charge in [0.05, 0.1) is 67.8 Å². The zero-order valence-electron chi connectivity index (χ0n) is 44.9. The lowest BCUT2D eigenvalue weighted by atomic mass is 9.86. The third kappa shape index (κ3) is 9.45. The maximum absolute atomic E-state index is 16.6. The molecule has 2 unspecified atom stereocenters. The average Bonchev–Trinajstić information content (AvgIpc) is 4.28. The van der Waals surface area contributed by atoms with Crippen molar-refractivity contribution in [3.05, 3.63) is 166 Å². The van der Waals surface area contributed by atoms with E-state index in [4.69, 9.17) is 28.5 Å². The zero-order chi connectivity index (χ0) is 54.9. The number of aliphatic hydroxyl groups is 2. The normalized spacial score (nSPS) is 15.9. The van der Waals surface area contributed by atoms with E-state index >= 15 is 8.78 Å². The molecule has 16 heteroatoms. The summed E-state index contributed by atoms with van der Waals surface area (Å²) in [4.78, 5) is 9.66. The summed E-state index contributed by atoms with van der Waals surface area (Å²) in [7, 11) is 0. The van der Waals surface area contributed by atoms with Gasteiger partial charge in [-0.3, -0.25) is 9.97 Å². The molecule has 2 atom stereocenters. The minimum absolute atomic E-state index is 0.107. The van der Waals surface area contributed by atoms with Crippen molar-refractivity contribution in [3.8, 4) is 22.3 Å². The van der Waals surface area contributed by atoms with Crippen molar-refractivity contribution in [1.29, 1.82) is 0 Å². The molecule has 0 spiro atoms. The van der Waals surface area contributed by atoms with Gasteiger partial charge < -0.3 is 37.9 Å². The molecule has 0 radical (unpaired) electrons. The number of hydrogen-bond acceptors (Lipinski definition) is 10. The van der Waals surface area contributed by atoms with Gasteiger partial charge in [0.15, 0.2) is 11.6 Å². The van der Waals surface area contributed by atoms with Crippen molar-refractivity contribution in [2.75, 3.05) is 26.4 Å². The zero-order valence-corrected chi connectivity index (χ0v) is 44.9. The Kier molecular flexibility index (Phi) is 13.9. The molecule has 2 fully saturated rings. The van der Waals surface area contributed by atoms with Crippen LogP contribution < -0.4 is 0 Å². The van der Waals surface area contributed by atoms with Gasteiger partial charge in [-0.1, -0.05) is 58.8 Å². The Labute approximate surface area is 448 Å². The largest absolute Gasteiger partial charge is 0.386 e. The van der Waals surface area contributed by atoms with E-state index in [0.717, 1.165) is 81.5 Å². The summed E-state index contributed by atoms with van der Waals surface area (Å²) in [6.07, 6.45) is 6.61. The molecular formula is C62H62F4N6O6. The van der Waals surface area contributed by atoms with Crippen molar-refractivity contribution in [2.45, 2.75) is 104 Å². The van der Waals surface area contributed by atoms with Crippen LogP contribution in [-0.2, 0) is 20.7 Å². The van der Waals surface area contributed by atoms with Crippen LogP contribution in [0.25, 0.3) is 66.1 Å². The topological polar surface area (TPSA) is 147 Å². The number of nitrogens with zero attached hydrogens (tertiary/aromatic N) is 6. The Balaban J connectivity index is 0.000000165. The van der Waals surface area contributed by atoms with Crippen LogP contribution in [-0.4, -0.2) is 66.1 Å². The van der Waals surface area contributed by atoms with E-state index in [0.29, 0.717) is 70.8 Å². The SMILES string of the molecule is Cc1noc(C)c1-c1cnc2c3ccc(C(C)(C)O)c(F)c3n(C(c3ccc(F)cc3)C3CCOCC3)c2c1.Cc1noc(C)c1-c1cnc2c3ccc(C(C)(C)O)c(F)c3n(C(c3ccc(F)cc3)C3CCOCC3)c2c1. The smallest absolute Gasteiger partial charge is 0.153 e. The highest BCUT2D eigenvalue weighted by Crippen LogP contribution is 2.46. The number of halogens is 4. The third-order valence-electron chi connectivity index (χ3n) is 15.8. The average molecular weight is 1060 g/mol. The molecule has 4 aromatic carbocycles. The van der Waals surface area contributed by atoms with Crippen LogP contribution in [0.3, 0.4) is 0 Å². The molecule has 0 bridgehead atoms. The molecule has 2 saturated heterocycles. The first-order valence-corrected chi connectivity index (χ1v) is 26.5. The van der Waals surface area contributed by atoms with E-state index in [9.17, 15) is 19.0 Å². The predicted octanol–water partition coefficient (Wildman–Crippen LogP) is 14.0. The summed E-state index contributed by atoms with van der Waals surface area (Å²) in [5.41, 5.74) is 7.73. The Morgan fingerprint density at radius 3 is 1.21 bits per heavy atom. The van der Waals surface area contributed by atoms with E-state index in [1.54, 1.807) is 76.5 Å². The van der Waals surface area contributed by atoms with Crippen molar-refractivity contribution in [2.24, 2.45) is 11.8 Å². The summed E-state index contributed by atoms with van der Waals surface area (Å²) in [6.45, 7) is 16.2. The van der Waals surface area contributed by atoms with Gasteiger partial charge in [0.25, 0.3) is 0 Å². The van der Waals surface area contributed by atoms with Crippen LogP contribution in [0, 0.1) is 62.8 Å². The van der Waals surface area contributed by atoms with Crippen molar-refractivity contribution in [1.82, 2.24) is 29.4 Å². The molecule has 12 rings (SSSR count). The van der Waals surface area contributed by atoms with Crippen molar-refractivity contribution >= 4 is 43.9 Å². The summed E-state index contributed by atoms with van der Waals surface area (Å²) in [5, 5.41) is 31.2. The lowest BCUT2D eigenvalue weighted by Crippen LogP contribution is -2.27. The molecule has 0 saturated carbocycles. The minimum Gasteiger partial charge on any atom is -0.386 e. The first-order valence-electron chi connectivity index (χ1n) is 26.5. The van der Waals surface area contributed by atoms with Gasteiger partial charge in [0.2, 0.25) is 0 Å². The van der Waals surface area contributed by atoms with Crippen molar-refractivity contribution in [3.63, 3.8) is 0 Å². The van der Waals surface area contributed by atoms with Gasteiger partial charge in [-0.05, 0) is 140 Å². The lowest BCUT2D eigenvalue weighted by Gasteiger charge is -2.33. The van der Waals surface area contributed by atoms with Gasteiger partial charge in [0, 0.05) is 83.0 Å². The molecular weight excluding hydrogens is 1000 g/mol. The molecule has 10 aromatic rings. The van der Waals surface area contributed by atoms with Crippen LogP contribution in [0.1, 0.15) is 111 Å². The van der Waals surface area contributed by atoms with Crippen molar-refractivity contribution < 1.29 is 46.3 Å². The highest BCUT2D eigenvalue weighted by atomic mass is 19.1. The standard InChI is InChI=1S/2C31H31F2N3O3/c2*1-17-26(18(2)39-35-17)21-15-25-28(34-16-21)23-9-10-24(31(3,4)37)27(33)30(23)36(25)29(20-11-13-38-14-12-20)19-5-7-22(32)8-6-19/h2*5-10,15-16,20,29,37H,11-14H2,1-4H3. The number of pyridine rings is 2. The molecule has 2 aliphatic heterocycles. The fourth-order valence-electron chi connectivity index (χ4n) is 12.1. The Bertz CT molecular complexity index is 3560. The minimum atomic E-state index is -1.39. The van der Waals surface area contributed by atoms with Crippen LogP contribution in [0.2, 0.25) is 0 Å². The lowest BCUT2D eigenvalue weighted by molar-refractivity contribution is 0.0550. The molecule has 8 heterocycles. The van der Waals surface area contributed by atoms with Crippen LogP contribution in [0.5, 0.6) is 0 Å². The van der Waals surface area contributed by atoms with Crippen LogP contribution in [0.15, 0.2) is 106 Å². The fraction of sp³-hybridized carbons (Fsp3) is 0.355. The molecule has 6 aromatic heterocycles. The number of rotatable bonds is 10. The Morgan fingerprint density at radius 2 is 0.885 bits per heavy atom. The van der Waals surface area contributed by atoms with E-state index in [1.165, 1.54) is 24.3 Å². The number of aryl methyl sites for hydroxylation is 4. The van der Waals surface area contributed by atoms with Crippen LogP contribution in [0.4, 0.5) is 17.6 Å². The summed E-state index contributed by atoms with van der Waals surface area (Å²) in [5.74, 6) is -0.0780. The highest BCUT2D eigenvalue weighted by Gasteiger charge is 2.36. The second-order valence-corrected chi connectivity index (χ2v) is 22.0. The quantitative estimate of drug-likeness (QED) is 0.127. The van der Waals surface area contributed by atoms with Crippen LogP contribution >= 0.6 is 0 Å². The maximum Gasteiger partial charge on any atom is 0.153 e. The van der Waals surface area contributed by atoms with Gasteiger partial charge in [-0.2, -0.15) is 0 Å². The second-order valence-electron chi connectivity index (χ2n) is 22.0. The molecule has 78 heavy (non-hydrogen) atoms. The maximum atomic E-state index is 16.6.